The van der Waals surface area contributed by atoms with Gasteiger partial charge < -0.3 is 25.4 Å². The van der Waals surface area contributed by atoms with Crippen LogP contribution in [0.1, 0.15) is 26.4 Å². The Labute approximate surface area is 193 Å². The molecule has 2 aromatic carbocycles. The van der Waals surface area contributed by atoms with Crippen molar-refractivity contribution in [1.29, 1.82) is 0 Å². The van der Waals surface area contributed by atoms with Gasteiger partial charge in [-0.2, -0.15) is 13.2 Å². The number of halogens is 3. The number of hydrogen-bond donors (Lipinski definition) is 2. The maximum atomic E-state index is 13.6. The average Bonchev–Trinajstić information content (AvgIpc) is 2.78. The van der Waals surface area contributed by atoms with Crippen molar-refractivity contribution >= 4 is 23.2 Å². The van der Waals surface area contributed by atoms with E-state index in [0.717, 1.165) is 6.07 Å². The Bertz CT molecular complexity index is 1210. The van der Waals surface area contributed by atoms with Crippen molar-refractivity contribution in [3.63, 3.8) is 0 Å². The number of alkyl halides is 3. The first kappa shape index (κ1) is 24.4. The molecule has 0 atom stereocenters. The first-order valence-electron chi connectivity index (χ1n) is 9.81. The highest BCUT2D eigenvalue weighted by molar-refractivity contribution is 5.97. The van der Waals surface area contributed by atoms with Crippen LogP contribution in [0.4, 0.5) is 24.5 Å². The number of benzene rings is 2. The predicted molar refractivity (Wildman–Crippen MR) is 119 cm³/mol. The Morgan fingerprint density at radius 2 is 1.71 bits per heavy atom. The predicted octanol–water partition coefficient (Wildman–Crippen LogP) is 4.45. The Kier molecular flexibility index (Phi) is 6.94. The molecule has 0 radical (unpaired) electrons. The summed E-state index contributed by atoms with van der Waals surface area (Å²) in [6.07, 6.45) is -3.31. The van der Waals surface area contributed by atoms with Crippen molar-refractivity contribution in [1.82, 2.24) is 9.88 Å². The monoisotopic (exact) mass is 474 g/mol. The second-order valence-electron chi connectivity index (χ2n) is 7.29. The lowest BCUT2D eigenvalue weighted by atomic mass is 10.1. The van der Waals surface area contributed by atoms with Crippen molar-refractivity contribution in [3.05, 3.63) is 71.5 Å². The van der Waals surface area contributed by atoms with Crippen LogP contribution in [-0.2, 0) is 6.18 Å². The molecule has 0 fully saturated rings. The molecular weight excluding hydrogens is 453 g/mol. The molecule has 0 unspecified atom stereocenters. The van der Waals surface area contributed by atoms with Gasteiger partial charge in [-0.1, -0.05) is 0 Å². The minimum atomic E-state index is -4.75. The molecular formula is C23H21F3N4O4. The number of hydrogen-bond acceptors (Lipinski definition) is 6. The number of methoxy groups -OCH3 is 1. The van der Waals surface area contributed by atoms with Crippen LogP contribution in [0.2, 0.25) is 0 Å². The number of pyridine rings is 1. The zero-order chi connectivity index (χ0) is 25.0. The second-order valence-corrected chi connectivity index (χ2v) is 7.29. The number of aromatic nitrogens is 1. The maximum absolute atomic E-state index is 13.6. The number of nitrogens with zero attached hydrogens (tertiary/aromatic N) is 2. The van der Waals surface area contributed by atoms with Crippen molar-refractivity contribution in [2.45, 2.75) is 6.18 Å². The molecule has 11 heteroatoms. The summed E-state index contributed by atoms with van der Waals surface area (Å²) in [6, 6.07) is 10.9. The minimum Gasteiger partial charge on any atom is -0.496 e. The molecule has 3 aromatic rings. The van der Waals surface area contributed by atoms with Crippen LogP contribution in [0.3, 0.4) is 0 Å². The Morgan fingerprint density at radius 3 is 2.26 bits per heavy atom. The van der Waals surface area contributed by atoms with Crippen molar-refractivity contribution in [2.75, 3.05) is 26.5 Å². The summed E-state index contributed by atoms with van der Waals surface area (Å²) in [5.74, 6) is -0.668. The van der Waals surface area contributed by atoms with Crippen LogP contribution in [-0.4, -0.2) is 42.9 Å². The number of nitrogens with one attached hydrogen (secondary N) is 1. The van der Waals surface area contributed by atoms with Crippen LogP contribution >= 0.6 is 0 Å². The Balaban J connectivity index is 1.84. The lowest BCUT2D eigenvalue weighted by Gasteiger charge is -2.18. The van der Waals surface area contributed by atoms with Crippen LogP contribution in [0.25, 0.3) is 0 Å². The molecule has 1 aromatic heterocycles. The summed E-state index contributed by atoms with van der Waals surface area (Å²) in [6.45, 7) is 0. The van der Waals surface area contributed by atoms with E-state index in [0.29, 0.717) is 23.3 Å². The van der Waals surface area contributed by atoms with E-state index in [1.54, 1.807) is 32.3 Å². The molecule has 0 saturated heterocycles. The number of carbonyl (C=O) groups excluding carboxylic acids is 2. The fourth-order valence-corrected chi connectivity index (χ4v) is 3.00. The summed E-state index contributed by atoms with van der Waals surface area (Å²) < 4.78 is 51.5. The molecule has 3 rings (SSSR count). The van der Waals surface area contributed by atoms with Gasteiger partial charge in [0, 0.05) is 38.1 Å². The molecule has 3 N–H and O–H groups in total. The van der Waals surface area contributed by atoms with E-state index in [1.807, 2.05) is 0 Å². The zero-order valence-corrected chi connectivity index (χ0v) is 18.4. The molecule has 0 aliphatic carbocycles. The third-order valence-corrected chi connectivity index (χ3v) is 4.64. The number of carbonyl (C=O) groups is 2. The normalized spacial score (nSPS) is 11.0. The van der Waals surface area contributed by atoms with Gasteiger partial charge >= 0.3 is 6.18 Å². The molecule has 0 spiro atoms. The maximum Gasteiger partial charge on any atom is 0.418 e. The van der Waals surface area contributed by atoms with E-state index < -0.39 is 17.6 Å². The fraction of sp³-hybridized carbons (Fsp3) is 0.174. The lowest BCUT2D eigenvalue weighted by Crippen LogP contribution is -2.22. The van der Waals surface area contributed by atoms with Crippen molar-refractivity contribution < 1.29 is 32.2 Å². The van der Waals surface area contributed by atoms with E-state index in [-0.39, 0.29) is 28.6 Å². The molecule has 0 aliphatic rings. The molecule has 0 aliphatic heterocycles. The Morgan fingerprint density at radius 1 is 1.03 bits per heavy atom. The highest BCUT2D eigenvalue weighted by Crippen LogP contribution is 2.40. The van der Waals surface area contributed by atoms with Crippen LogP contribution in [0.15, 0.2) is 54.7 Å². The summed E-state index contributed by atoms with van der Waals surface area (Å²) in [5.41, 5.74) is 3.94. The number of nitrogens with two attached hydrogens (primary N) is 1. The quantitative estimate of drug-likeness (QED) is 0.524. The first-order valence-corrected chi connectivity index (χ1v) is 9.81. The van der Waals surface area contributed by atoms with Gasteiger partial charge in [0.15, 0.2) is 0 Å². The molecule has 34 heavy (non-hydrogen) atoms. The van der Waals surface area contributed by atoms with Crippen LogP contribution in [0.5, 0.6) is 17.2 Å². The smallest absolute Gasteiger partial charge is 0.418 e. The molecule has 0 saturated carbocycles. The SMILES string of the molecule is COc1cc(Nc2ccc(Oc3ccnc(C(=O)N(C)C)c3)cc2)c(C(F)(F)F)cc1C(N)=O. The highest BCUT2D eigenvalue weighted by Gasteiger charge is 2.35. The number of anilines is 2. The molecule has 8 nitrogen and oxygen atoms in total. The van der Waals surface area contributed by atoms with Gasteiger partial charge in [0.2, 0.25) is 0 Å². The van der Waals surface area contributed by atoms with E-state index in [2.05, 4.69) is 10.3 Å². The van der Waals surface area contributed by atoms with E-state index >= 15 is 0 Å². The van der Waals surface area contributed by atoms with Gasteiger partial charge in [-0.25, -0.2) is 0 Å². The van der Waals surface area contributed by atoms with Gasteiger partial charge in [-0.05, 0) is 36.4 Å². The number of rotatable bonds is 7. The molecule has 178 valence electrons. The summed E-state index contributed by atoms with van der Waals surface area (Å²) in [7, 11) is 4.43. The number of ether oxygens (including phenoxy) is 2. The lowest BCUT2D eigenvalue weighted by molar-refractivity contribution is -0.136. The first-order chi connectivity index (χ1) is 16.0. The van der Waals surface area contributed by atoms with E-state index in [4.69, 9.17) is 15.2 Å². The minimum absolute atomic E-state index is 0.0938. The number of primary amides is 1. The van der Waals surface area contributed by atoms with E-state index in [9.17, 15) is 22.8 Å². The van der Waals surface area contributed by atoms with Crippen LogP contribution in [0, 0.1) is 0 Å². The summed E-state index contributed by atoms with van der Waals surface area (Å²) >= 11 is 0. The largest absolute Gasteiger partial charge is 0.496 e. The van der Waals surface area contributed by atoms with Gasteiger partial charge in [0.25, 0.3) is 11.8 Å². The molecule has 0 bridgehead atoms. The molecule has 2 amide bonds. The second kappa shape index (κ2) is 9.69. The standard InChI is InChI=1S/C23H21F3N4O4/c1-30(2)22(32)19-10-15(8-9-28-19)34-14-6-4-13(5-7-14)29-18-12-20(33-3)16(21(27)31)11-17(18)23(24,25)26/h4-12,29H,1-3H3,(H2,27,31). The third-order valence-electron chi connectivity index (χ3n) is 4.64. The average molecular weight is 474 g/mol. The molecule has 1 heterocycles. The summed E-state index contributed by atoms with van der Waals surface area (Å²) in [5, 5.41) is 2.68. The van der Waals surface area contributed by atoms with Gasteiger partial charge in [-0.15, -0.1) is 0 Å². The van der Waals surface area contributed by atoms with Crippen molar-refractivity contribution in [3.8, 4) is 17.2 Å². The fourth-order valence-electron chi connectivity index (χ4n) is 3.00. The third kappa shape index (κ3) is 5.55. The van der Waals surface area contributed by atoms with Crippen molar-refractivity contribution in [2.24, 2.45) is 5.73 Å². The zero-order valence-electron chi connectivity index (χ0n) is 18.4. The Hall–Kier alpha value is -4.28. The highest BCUT2D eigenvalue weighted by atomic mass is 19.4. The van der Waals surface area contributed by atoms with E-state index in [1.165, 1.54) is 36.4 Å². The van der Waals surface area contributed by atoms with Gasteiger partial charge in [0.05, 0.1) is 23.9 Å². The number of amides is 2. The van der Waals surface area contributed by atoms with Gasteiger partial charge in [-0.3, -0.25) is 14.6 Å². The topological polar surface area (TPSA) is 107 Å². The van der Waals surface area contributed by atoms with Gasteiger partial charge in [0.1, 0.15) is 22.9 Å². The van der Waals surface area contributed by atoms with Crippen LogP contribution < -0.4 is 20.5 Å². The summed E-state index contributed by atoms with van der Waals surface area (Å²) in [4.78, 5) is 29.0.